The summed E-state index contributed by atoms with van der Waals surface area (Å²) in [7, 11) is 0. The largest absolute Gasteiger partial charge is 0.322 e. The number of carbonyl (C=O) groups is 1. The van der Waals surface area contributed by atoms with Gasteiger partial charge < -0.3 is 10.2 Å². The highest BCUT2D eigenvalue weighted by Gasteiger charge is 2.56. The van der Waals surface area contributed by atoms with E-state index in [0.717, 1.165) is 44.8 Å². The van der Waals surface area contributed by atoms with E-state index in [2.05, 4.69) is 5.32 Å². The zero-order valence-electron chi connectivity index (χ0n) is 12.1. The van der Waals surface area contributed by atoms with Crippen LogP contribution in [0.2, 0.25) is 0 Å². The molecule has 3 aliphatic heterocycles. The molecule has 0 radical (unpaired) electrons. The van der Waals surface area contributed by atoms with Crippen molar-refractivity contribution in [3.63, 3.8) is 0 Å². The number of hydrogen-bond acceptors (Lipinski definition) is 3. The number of carbonyl (C=O) groups excluding carboxylic acids is 1. The maximum atomic E-state index is 13.5. The van der Waals surface area contributed by atoms with E-state index in [4.69, 9.17) is 0 Å². The van der Waals surface area contributed by atoms with Gasteiger partial charge >= 0.3 is 0 Å². The first kappa shape index (κ1) is 14.5. The minimum absolute atomic E-state index is 0.155. The van der Waals surface area contributed by atoms with Crippen LogP contribution in [-0.2, 0) is 4.79 Å². The highest BCUT2D eigenvalue weighted by molar-refractivity contribution is 8.02. The molecule has 3 fully saturated rings. The Labute approximate surface area is 132 Å². The Morgan fingerprint density at radius 3 is 2.50 bits per heavy atom. The molecule has 4 rings (SSSR count). The molecular formula is C16H18F2N2OS. The van der Waals surface area contributed by atoms with E-state index in [9.17, 15) is 13.6 Å². The van der Waals surface area contributed by atoms with Crippen molar-refractivity contribution in [3.8, 4) is 0 Å². The minimum atomic E-state index is -0.575. The molecule has 0 aliphatic carbocycles. The number of rotatable bonds is 1. The molecule has 1 spiro atoms. The van der Waals surface area contributed by atoms with Gasteiger partial charge in [0.2, 0.25) is 5.91 Å². The summed E-state index contributed by atoms with van der Waals surface area (Å²) >= 11 is 1.77. The molecule has 1 amide bonds. The van der Waals surface area contributed by atoms with Crippen molar-refractivity contribution in [1.82, 2.24) is 10.2 Å². The third kappa shape index (κ3) is 2.15. The number of nitrogens with one attached hydrogen (secondary N) is 1. The number of benzene rings is 1. The summed E-state index contributed by atoms with van der Waals surface area (Å²) in [6, 6.07) is 3.41. The van der Waals surface area contributed by atoms with Gasteiger partial charge in [0.1, 0.15) is 11.6 Å². The van der Waals surface area contributed by atoms with Crippen LogP contribution in [-0.4, -0.2) is 34.0 Å². The van der Waals surface area contributed by atoms with Gasteiger partial charge in [-0.05, 0) is 56.5 Å². The van der Waals surface area contributed by atoms with Crippen LogP contribution in [0.1, 0.15) is 37.3 Å². The fraction of sp³-hybridized carbons (Fsp3) is 0.562. The lowest BCUT2D eigenvalue weighted by atomic mass is 9.94. The Balaban J connectivity index is 1.65. The SMILES string of the molecule is O=C1N2[C@@H](CC[C@H]2c2cc(F)cc(F)c2)SC12CCNCC2. The lowest BCUT2D eigenvalue weighted by Crippen LogP contribution is -2.46. The Morgan fingerprint density at radius 1 is 1.14 bits per heavy atom. The van der Waals surface area contributed by atoms with Crippen LogP contribution in [0.5, 0.6) is 0 Å². The van der Waals surface area contributed by atoms with E-state index in [1.807, 2.05) is 4.90 Å². The van der Waals surface area contributed by atoms with E-state index >= 15 is 0 Å². The fourth-order valence-electron chi connectivity index (χ4n) is 3.97. The number of nitrogens with zero attached hydrogens (tertiary/aromatic N) is 1. The molecule has 6 heteroatoms. The van der Waals surface area contributed by atoms with Gasteiger partial charge in [-0.3, -0.25) is 4.79 Å². The second-order valence-corrected chi connectivity index (χ2v) is 7.89. The lowest BCUT2D eigenvalue weighted by Gasteiger charge is -2.32. The van der Waals surface area contributed by atoms with Gasteiger partial charge in [0, 0.05) is 6.07 Å². The smallest absolute Gasteiger partial charge is 0.240 e. The summed E-state index contributed by atoms with van der Waals surface area (Å²) in [6.07, 6.45) is 3.36. The molecular weight excluding hydrogens is 306 g/mol. The van der Waals surface area contributed by atoms with Crippen LogP contribution in [0.25, 0.3) is 0 Å². The maximum absolute atomic E-state index is 13.5. The molecule has 0 saturated carbocycles. The van der Waals surface area contributed by atoms with Gasteiger partial charge in [-0.15, -0.1) is 11.8 Å². The molecule has 1 aromatic carbocycles. The second-order valence-electron chi connectivity index (χ2n) is 6.33. The number of hydrogen-bond donors (Lipinski definition) is 1. The summed E-state index contributed by atoms with van der Waals surface area (Å²) in [4.78, 5) is 14.9. The lowest BCUT2D eigenvalue weighted by molar-refractivity contribution is -0.134. The molecule has 1 aromatic rings. The van der Waals surface area contributed by atoms with E-state index in [1.54, 1.807) is 11.8 Å². The summed E-state index contributed by atoms with van der Waals surface area (Å²) in [5, 5.41) is 3.45. The first-order chi connectivity index (χ1) is 10.6. The maximum Gasteiger partial charge on any atom is 0.240 e. The molecule has 2 atom stereocenters. The van der Waals surface area contributed by atoms with Crippen molar-refractivity contribution >= 4 is 17.7 Å². The molecule has 22 heavy (non-hydrogen) atoms. The van der Waals surface area contributed by atoms with Crippen molar-refractivity contribution < 1.29 is 13.6 Å². The zero-order chi connectivity index (χ0) is 15.3. The van der Waals surface area contributed by atoms with Crippen LogP contribution in [0, 0.1) is 11.6 Å². The van der Waals surface area contributed by atoms with Gasteiger partial charge in [0.15, 0.2) is 0 Å². The average Bonchev–Trinajstić information content (AvgIpc) is 2.99. The zero-order valence-corrected chi connectivity index (χ0v) is 13.0. The van der Waals surface area contributed by atoms with Crippen molar-refractivity contribution in [2.24, 2.45) is 0 Å². The molecule has 0 aromatic heterocycles. The average molecular weight is 324 g/mol. The number of fused-ring (bicyclic) bond motifs is 1. The third-order valence-electron chi connectivity index (χ3n) is 5.00. The van der Waals surface area contributed by atoms with Gasteiger partial charge in [-0.2, -0.15) is 0 Å². The minimum Gasteiger partial charge on any atom is -0.322 e. The molecule has 1 N–H and O–H groups in total. The molecule has 3 heterocycles. The number of piperidine rings is 1. The Morgan fingerprint density at radius 2 is 1.82 bits per heavy atom. The topological polar surface area (TPSA) is 32.3 Å². The van der Waals surface area contributed by atoms with Crippen molar-refractivity contribution in [2.75, 3.05) is 13.1 Å². The Bertz CT molecular complexity index is 598. The summed E-state index contributed by atoms with van der Waals surface area (Å²) in [6.45, 7) is 1.72. The first-order valence-corrected chi connectivity index (χ1v) is 8.64. The van der Waals surface area contributed by atoms with E-state index < -0.39 is 11.6 Å². The van der Waals surface area contributed by atoms with Crippen molar-refractivity contribution in [2.45, 2.75) is 41.8 Å². The van der Waals surface area contributed by atoms with E-state index in [0.29, 0.717) is 5.56 Å². The Kier molecular flexibility index (Phi) is 3.42. The molecule has 3 nitrogen and oxygen atoms in total. The summed E-state index contributed by atoms with van der Waals surface area (Å²) < 4.78 is 26.7. The molecule has 118 valence electrons. The van der Waals surface area contributed by atoms with Gasteiger partial charge in [0.05, 0.1) is 16.2 Å². The van der Waals surface area contributed by atoms with Gasteiger partial charge in [-0.25, -0.2) is 8.78 Å². The number of thioether (sulfide) groups is 1. The van der Waals surface area contributed by atoms with Crippen LogP contribution >= 0.6 is 11.8 Å². The predicted molar refractivity (Wildman–Crippen MR) is 81.4 cm³/mol. The highest BCUT2D eigenvalue weighted by Crippen LogP contribution is 2.55. The molecule has 3 saturated heterocycles. The first-order valence-electron chi connectivity index (χ1n) is 7.76. The van der Waals surface area contributed by atoms with Gasteiger partial charge in [0.25, 0.3) is 0 Å². The fourth-order valence-corrected chi connectivity index (χ4v) is 5.75. The van der Waals surface area contributed by atoms with Crippen molar-refractivity contribution in [3.05, 3.63) is 35.4 Å². The molecule has 0 bridgehead atoms. The van der Waals surface area contributed by atoms with Crippen LogP contribution < -0.4 is 5.32 Å². The summed E-state index contributed by atoms with van der Waals surface area (Å²) in [5.74, 6) is -0.986. The standard InChI is InChI=1S/C16H18F2N2OS/c17-11-7-10(8-12(18)9-11)13-1-2-14-20(13)15(21)16(22-14)3-5-19-6-4-16/h7-9,13-14,19H,1-6H2/t13-,14+/m0/s1. The monoisotopic (exact) mass is 324 g/mol. The normalized spacial score (nSPS) is 30.1. The van der Waals surface area contributed by atoms with E-state index in [-0.39, 0.29) is 22.1 Å². The molecule has 3 aliphatic rings. The molecule has 0 unspecified atom stereocenters. The number of amides is 1. The van der Waals surface area contributed by atoms with Crippen LogP contribution in [0.15, 0.2) is 18.2 Å². The summed E-state index contributed by atoms with van der Waals surface area (Å²) in [5.41, 5.74) is 0.583. The third-order valence-corrected chi connectivity index (χ3v) is 6.77. The van der Waals surface area contributed by atoms with Crippen LogP contribution in [0.4, 0.5) is 8.78 Å². The number of halogens is 2. The van der Waals surface area contributed by atoms with Crippen molar-refractivity contribution in [1.29, 1.82) is 0 Å². The second kappa shape index (κ2) is 5.20. The quantitative estimate of drug-likeness (QED) is 0.862. The van der Waals surface area contributed by atoms with Gasteiger partial charge in [-0.1, -0.05) is 0 Å². The van der Waals surface area contributed by atoms with E-state index in [1.165, 1.54) is 12.1 Å². The highest BCUT2D eigenvalue weighted by atomic mass is 32.2. The predicted octanol–water partition coefficient (Wildman–Crippen LogP) is 2.82. The Hall–Kier alpha value is -1.14. The van der Waals surface area contributed by atoms with Crippen LogP contribution in [0.3, 0.4) is 0 Å².